The first-order chi connectivity index (χ1) is 31.7. The number of ketones is 2. The highest BCUT2D eigenvalue weighted by Crippen LogP contribution is 2.39. The number of nitrogens with one attached hydrogen (secondary N) is 4. The van der Waals surface area contributed by atoms with E-state index in [4.69, 9.17) is 46.4 Å². The standard InChI is InChI=1S/C44H32Cl4F6N8O6/c1-19-20(2)32(56-42(68)38(22(4)64)62-60-36-16-24(6-10-30(36)48)40(66)58-34-12-8-26(46)18-28(34)44(52,53)54)14-13-31(19)55-41(67)37(21(3)63)61-59-35-15-23(5-9-29(35)47)39(65)57-33-11-7-25(45)17-27(33)43(49,50)51/h5-18,37-38H,1-4H3,(H,55,67)(H,56,68)(H,57,65)(H,58,66). The van der Waals surface area contributed by atoms with E-state index < -0.39 is 82.1 Å². The number of alkyl halides is 6. The largest absolute Gasteiger partial charge is 0.418 e. The maximum atomic E-state index is 13.6. The van der Waals surface area contributed by atoms with Gasteiger partial charge < -0.3 is 21.3 Å². The summed E-state index contributed by atoms with van der Waals surface area (Å²) in [6.45, 7) is 5.23. The number of amides is 4. The Morgan fingerprint density at radius 1 is 0.485 bits per heavy atom. The molecular formula is C44H32Cl4F6N8O6. The molecule has 68 heavy (non-hydrogen) atoms. The lowest BCUT2D eigenvalue weighted by Crippen LogP contribution is -2.33. The zero-order valence-electron chi connectivity index (χ0n) is 35.3. The normalized spacial score (nSPS) is 12.7. The van der Waals surface area contributed by atoms with Crippen molar-refractivity contribution < 1.29 is 55.1 Å². The van der Waals surface area contributed by atoms with Gasteiger partial charge in [-0.15, -0.1) is 0 Å². The van der Waals surface area contributed by atoms with Gasteiger partial charge in [0.15, 0.2) is 11.6 Å². The molecule has 14 nitrogen and oxygen atoms in total. The quantitative estimate of drug-likeness (QED) is 0.0484. The van der Waals surface area contributed by atoms with Crippen molar-refractivity contribution in [3.63, 3.8) is 0 Å². The third-order valence-corrected chi connectivity index (χ3v) is 10.7. The van der Waals surface area contributed by atoms with Crippen molar-refractivity contribution in [1.29, 1.82) is 0 Å². The molecule has 0 heterocycles. The Kier molecular flexibility index (Phi) is 16.5. The summed E-state index contributed by atoms with van der Waals surface area (Å²) in [5.41, 5.74) is -3.26. The molecule has 5 aromatic rings. The lowest BCUT2D eigenvalue weighted by atomic mass is 10.0. The molecule has 354 valence electrons. The van der Waals surface area contributed by atoms with Crippen LogP contribution in [0.5, 0.6) is 0 Å². The van der Waals surface area contributed by atoms with Crippen molar-refractivity contribution in [2.24, 2.45) is 20.5 Å². The Bertz CT molecular complexity index is 2740. The van der Waals surface area contributed by atoms with Crippen molar-refractivity contribution in [2.75, 3.05) is 21.3 Å². The van der Waals surface area contributed by atoms with Crippen molar-refractivity contribution >= 4 is 116 Å². The van der Waals surface area contributed by atoms with Gasteiger partial charge in [0.25, 0.3) is 23.6 Å². The number of nitrogens with zero attached hydrogens (tertiary/aromatic N) is 4. The predicted molar refractivity (Wildman–Crippen MR) is 243 cm³/mol. The van der Waals surface area contributed by atoms with Crippen LogP contribution in [0.4, 0.5) is 60.5 Å². The molecule has 0 aliphatic heterocycles. The summed E-state index contributed by atoms with van der Waals surface area (Å²) >= 11 is 23.9. The van der Waals surface area contributed by atoms with Gasteiger partial charge in [0.05, 0.1) is 32.5 Å². The maximum absolute atomic E-state index is 13.6. The van der Waals surface area contributed by atoms with Crippen molar-refractivity contribution in [3.8, 4) is 0 Å². The molecular weight excluding hydrogens is 992 g/mol. The van der Waals surface area contributed by atoms with Crippen molar-refractivity contribution in [2.45, 2.75) is 52.1 Å². The lowest BCUT2D eigenvalue weighted by molar-refractivity contribution is -0.137. The highest BCUT2D eigenvalue weighted by molar-refractivity contribution is 6.34. The van der Waals surface area contributed by atoms with E-state index in [1.54, 1.807) is 13.8 Å². The van der Waals surface area contributed by atoms with Crippen LogP contribution in [0.2, 0.25) is 20.1 Å². The minimum absolute atomic E-state index is 0.0880. The number of benzene rings is 5. The van der Waals surface area contributed by atoms with Gasteiger partial charge in [0, 0.05) is 32.5 Å². The molecule has 0 fully saturated rings. The first-order valence-electron chi connectivity index (χ1n) is 19.2. The number of Topliss-reactive ketones (excluding diaryl/α,β-unsaturated/α-hetero) is 2. The molecule has 0 aromatic heterocycles. The molecule has 0 radical (unpaired) electrons. The van der Waals surface area contributed by atoms with Gasteiger partial charge in [-0.2, -0.15) is 46.8 Å². The van der Waals surface area contributed by atoms with Crippen LogP contribution in [0.3, 0.4) is 0 Å². The smallest absolute Gasteiger partial charge is 0.324 e. The van der Waals surface area contributed by atoms with Crippen LogP contribution in [-0.2, 0) is 31.5 Å². The summed E-state index contributed by atoms with van der Waals surface area (Å²) in [6, 6.07) is 11.8. The van der Waals surface area contributed by atoms with Gasteiger partial charge in [-0.1, -0.05) is 46.4 Å². The second-order valence-electron chi connectivity index (χ2n) is 14.5. The Hall–Kier alpha value is -6.74. The molecule has 0 aliphatic carbocycles. The maximum Gasteiger partial charge on any atom is 0.418 e. The van der Waals surface area contributed by atoms with Crippen molar-refractivity contribution in [3.05, 3.63) is 138 Å². The zero-order valence-corrected chi connectivity index (χ0v) is 38.3. The van der Waals surface area contributed by atoms with E-state index in [0.29, 0.717) is 23.3 Å². The molecule has 0 spiro atoms. The highest BCUT2D eigenvalue weighted by Gasteiger charge is 2.36. The van der Waals surface area contributed by atoms with Crippen LogP contribution >= 0.6 is 46.4 Å². The monoisotopic (exact) mass is 1020 g/mol. The molecule has 5 aromatic carbocycles. The van der Waals surface area contributed by atoms with E-state index in [9.17, 15) is 55.1 Å². The van der Waals surface area contributed by atoms with Gasteiger partial charge in [0.2, 0.25) is 12.1 Å². The van der Waals surface area contributed by atoms with Gasteiger partial charge in [-0.05, 0) is 124 Å². The fourth-order valence-electron chi connectivity index (χ4n) is 5.94. The molecule has 0 saturated heterocycles. The Labute approximate surface area is 401 Å². The second-order valence-corrected chi connectivity index (χ2v) is 16.1. The molecule has 2 atom stereocenters. The van der Waals surface area contributed by atoms with Crippen LogP contribution in [0.1, 0.15) is 56.8 Å². The fourth-order valence-corrected chi connectivity index (χ4v) is 6.60. The summed E-state index contributed by atoms with van der Waals surface area (Å²) in [6.07, 6.45) is -9.69. The van der Waals surface area contributed by atoms with E-state index in [0.717, 1.165) is 50.2 Å². The first-order valence-corrected chi connectivity index (χ1v) is 20.8. The number of carbonyl (C=O) groups excluding carboxylic acids is 6. The molecule has 0 bridgehead atoms. The number of halogens is 10. The first kappa shape index (κ1) is 52.2. The average molecular weight is 1020 g/mol. The molecule has 4 N–H and O–H groups in total. The van der Waals surface area contributed by atoms with Gasteiger partial charge in [-0.25, -0.2) is 0 Å². The number of azo groups is 2. The minimum Gasteiger partial charge on any atom is -0.324 e. The fraction of sp³-hybridized carbons (Fsp3) is 0.182. The highest BCUT2D eigenvalue weighted by atomic mass is 35.5. The second kappa shape index (κ2) is 21.5. The van der Waals surface area contributed by atoms with E-state index in [2.05, 4.69) is 41.7 Å². The average Bonchev–Trinajstić information content (AvgIpc) is 3.25. The summed E-state index contributed by atoms with van der Waals surface area (Å²) in [5, 5.41) is 24.3. The molecule has 0 aliphatic rings. The van der Waals surface area contributed by atoms with Crippen LogP contribution in [0, 0.1) is 13.8 Å². The van der Waals surface area contributed by atoms with E-state index in [1.165, 1.54) is 36.4 Å². The van der Waals surface area contributed by atoms with Gasteiger partial charge >= 0.3 is 12.4 Å². The third-order valence-electron chi connectivity index (χ3n) is 9.62. The number of anilines is 4. The summed E-state index contributed by atoms with van der Waals surface area (Å²) in [5.74, 6) is -5.42. The summed E-state index contributed by atoms with van der Waals surface area (Å²) in [4.78, 5) is 77.9. The molecule has 4 amide bonds. The van der Waals surface area contributed by atoms with Gasteiger partial charge in [0.1, 0.15) is 11.4 Å². The molecule has 2 unspecified atom stereocenters. The molecule has 24 heteroatoms. The van der Waals surface area contributed by atoms with E-state index in [1.807, 2.05) is 0 Å². The van der Waals surface area contributed by atoms with E-state index >= 15 is 0 Å². The van der Waals surface area contributed by atoms with Crippen LogP contribution in [-0.4, -0.2) is 47.3 Å². The Morgan fingerprint density at radius 2 is 0.824 bits per heavy atom. The van der Waals surface area contributed by atoms with Gasteiger partial charge in [-0.3, -0.25) is 28.8 Å². The van der Waals surface area contributed by atoms with Crippen molar-refractivity contribution in [1.82, 2.24) is 0 Å². The predicted octanol–water partition coefficient (Wildman–Crippen LogP) is 12.8. The van der Waals surface area contributed by atoms with Crippen LogP contribution in [0.25, 0.3) is 0 Å². The summed E-state index contributed by atoms with van der Waals surface area (Å²) < 4.78 is 81.6. The summed E-state index contributed by atoms with van der Waals surface area (Å²) in [7, 11) is 0. The minimum atomic E-state index is -4.85. The number of hydrogen-bond acceptors (Lipinski definition) is 10. The third kappa shape index (κ3) is 13.0. The molecule has 5 rings (SSSR count). The van der Waals surface area contributed by atoms with Crippen LogP contribution in [0.15, 0.2) is 105 Å². The topological polar surface area (TPSA) is 200 Å². The molecule has 0 saturated carbocycles. The lowest BCUT2D eigenvalue weighted by Gasteiger charge is -2.17. The Morgan fingerprint density at radius 3 is 1.15 bits per heavy atom. The number of carbonyl (C=O) groups is 6. The Balaban J connectivity index is 1.28. The SMILES string of the molecule is CC(=O)C(N=Nc1cc(C(=O)Nc2ccc(Cl)cc2C(F)(F)F)ccc1Cl)C(=O)Nc1ccc(NC(=O)C(N=Nc2cc(C(=O)Nc3ccc(Cl)cc3C(F)(F)F)ccc2Cl)C(C)=O)c(C)c1C. The van der Waals surface area contributed by atoms with Crippen LogP contribution < -0.4 is 21.3 Å². The van der Waals surface area contributed by atoms with E-state index in [-0.39, 0.29) is 54.0 Å². The zero-order chi connectivity index (χ0) is 50.4. The number of rotatable bonds is 14. The number of hydrogen-bond donors (Lipinski definition) is 4.